The maximum absolute atomic E-state index is 13.5. The first-order chi connectivity index (χ1) is 16.6. The standard InChI is InChI=1S/C25H22N4O4S/c1-32-22-10-9-16(12-23(22)33-2)20-13-18(24-8-5-11-34-24)27-29(20)25(31)15-28-19-7-4-3-6-17(19)21(30)14-26-28/h3-12,14,20H,13,15H2,1-2H3/t20-/m0/s1. The molecule has 1 atom stereocenters. The Morgan fingerprint density at radius 1 is 1.09 bits per heavy atom. The number of fused-ring (bicyclic) bond motifs is 1. The zero-order valence-corrected chi connectivity index (χ0v) is 19.5. The molecule has 8 nitrogen and oxygen atoms in total. The van der Waals surface area contributed by atoms with Gasteiger partial charge >= 0.3 is 0 Å². The predicted molar refractivity (Wildman–Crippen MR) is 131 cm³/mol. The van der Waals surface area contributed by atoms with Gasteiger partial charge in [-0.1, -0.05) is 24.3 Å². The van der Waals surface area contributed by atoms with E-state index in [1.54, 1.807) is 48.4 Å². The molecule has 0 radical (unpaired) electrons. The highest BCUT2D eigenvalue weighted by Crippen LogP contribution is 2.38. The molecule has 1 aliphatic rings. The van der Waals surface area contributed by atoms with Crippen LogP contribution in [-0.4, -0.2) is 40.6 Å². The number of aromatic nitrogens is 2. The van der Waals surface area contributed by atoms with Gasteiger partial charge in [-0.05, 0) is 41.3 Å². The molecule has 0 N–H and O–H groups in total. The highest BCUT2D eigenvalue weighted by atomic mass is 32.1. The van der Waals surface area contributed by atoms with Gasteiger partial charge in [-0.25, -0.2) is 5.01 Å². The molecule has 34 heavy (non-hydrogen) atoms. The van der Waals surface area contributed by atoms with Crippen LogP contribution in [-0.2, 0) is 11.3 Å². The van der Waals surface area contributed by atoms with Crippen molar-refractivity contribution in [2.24, 2.45) is 5.10 Å². The molecule has 1 aliphatic heterocycles. The van der Waals surface area contributed by atoms with Crippen molar-refractivity contribution in [3.63, 3.8) is 0 Å². The lowest BCUT2D eigenvalue weighted by Gasteiger charge is -2.23. The first-order valence-corrected chi connectivity index (χ1v) is 11.6. The second kappa shape index (κ2) is 9.11. The van der Waals surface area contributed by atoms with E-state index in [-0.39, 0.29) is 23.9 Å². The number of hydrogen-bond acceptors (Lipinski definition) is 7. The fourth-order valence-corrected chi connectivity index (χ4v) is 4.86. The van der Waals surface area contributed by atoms with Crippen molar-refractivity contribution in [3.05, 3.63) is 86.8 Å². The zero-order chi connectivity index (χ0) is 23.7. The molecule has 0 saturated heterocycles. The number of amides is 1. The van der Waals surface area contributed by atoms with Crippen LogP contribution in [0.2, 0.25) is 0 Å². The number of carbonyl (C=O) groups excluding carboxylic acids is 1. The lowest BCUT2D eigenvalue weighted by molar-refractivity contribution is -0.133. The van der Waals surface area contributed by atoms with E-state index < -0.39 is 0 Å². The fraction of sp³-hybridized carbons (Fsp3) is 0.200. The SMILES string of the molecule is COc1ccc([C@@H]2CC(c3cccs3)=NN2C(=O)Cn2ncc(=O)c3ccccc32)cc1OC. The number of thiophene rings is 1. The van der Waals surface area contributed by atoms with Gasteiger partial charge in [0.15, 0.2) is 11.5 Å². The van der Waals surface area contributed by atoms with Gasteiger partial charge in [0.25, 0.3) is 5.91 Å². The van der Waals surface area contributed by atoms with Crippen LogP contribution in [0.3, 0.4) is 0 Å². The quantitative estimate of drug-likeness (QED) is 0.424. The Hall–Kier alpha value is -3.98. The Morgan fingerprint density at radius 3 is 2.68 bits per heavy atom. The van der Waals surface area contributed by atoms with E-state index in [4.69, 9.17) is 14.6 Å². The van der Waals surface area contributed by atoms with Crippen molar-refractivity contribution in [1.29, 1.82) is 0 Å². The lowest BCUT2D eigenvalue weighted by atomic mass is 10.0. The minimum atomic E-state index is -0.310. The fourth-order valence-electron chi connectivity index (χ4n) is 4.14. The summed E-state index contributed by atoms with van der Waals surface area (Å²) in [4.78, 5) is 26.8. The van der Waals surface area contributed by atoms with Crippen molar-refractivity contribution >= 4 is 33.9 Å². The van der Waals surface area contributed by atoms with Gasteiger partial charge in [0.05, 0.1) is 42.6 Å². The summed E-state index contributed by atoms with van der Waals surface area (Å²) in [6.45, 7) is -0.0498. The van der Waals surface area contributed by atoms with Gasteiger partial charge in [-0.3, -0.25) is 14.3 Å². The zero-order valence-electron chi connectivity index (χ0n) is 18.7. The minimum Gasteiger partial charge on any atom is -0.493 e. The second-order valence-electron chi connectivity index (χ2n) is 7.78. The molecule has 5 rings (SSSR count). The van der Waals surface area contributed by atoms with Crippen molar-refractivity contribution in [2.75, 3.05) is 14.2 Å². The topological polar surface area (TPSA) is 86.0 Å². The van der Waals surface area contributed by atoms with Gasteiger partial charge in [0.2, 0.25) is 5.43 Å². The molecular weight excluding hydrogens is 452 g/mol. The smallest absolute Gasteiger partial charge is 0.264 e. The van der Waals surface area contributed by atoms with Crippen LogP contribution in [0.4, 0.5) is 0 Å². The minimum absolute atomic E-state index is 0.0498. The number of ether oxygens (including phenoxy) is 2. The van der Waals surface area contributed by atoms with Crippen LogP contribution in [0, 0.1) is 0 Å². The number of nitrogens with zero attached hydrogens (tertiary/aromatic N) is 4. The largest absolute Gasteiger partial charge is 0.493 e. The molecule has 0 aliphatic carbocycles. The molecule has 172 valence electrons. The molecule has 2 aromatic heterocycles. The third-order valence-electron chi connectivity index (χ3n) is 5.81. The van der Waals surface area contributed by atoms with Gasteiger partial charge in [-0.2, -0.15) is 10.2 Å². The normalized spacial score (nSPS) is 15.4. The Kier molecular flexibility index (Phi) is 5.85. The molecule has 1 amide bonds. The maximum Gasteiger partial charge on any atom is 0.264 e. The van der Waals surface area contributed by atoms with Crippen LogP contribution < -0.4 is 14.9 Å². The summed E-state index contributed by atoms with van der Waals surface area (Å²) in [6, 6.07) is 16.4. The molecule has 3 heterocycles. The van der Waals surface area contributed by atoms with E-state index in [9.17, 15) is 9.59 Å². The Morgan fingerprint density at radius 2 is 1.91 bits per heavy atom. The van der Waals surface area contributed by atoms with Gasteiger partial charge in [0.1, 0.15) is 6.54 Å². The van der Waals surface area contributed by atoms with Gasteiger partial charge in [0, 0.05) is 11.8 Å². The van der Waals surface area contributed by atoms with Gasteiger partial charge < -0.3 is 9.47 Å². The van der Waals surface area contributed by atoms with E-state index in [2.05, 4.69) is 5.10 Å². The van der Waals surface area contributed by atoms with Crippen LogP contribution in [0.5, 0.6) is 11.5 Å². The summed E-state index contributed by atoms with van der Waals surface area (Å²) < 4.78 is 12.4. The highest BCUT2D eigenvalue weighted by Gasteiger charge is 2.34. The van der Waals surface area contributed by atoms with E-state index in [0.717, 1.165) is 16.2 Å². The van der Waals surface area contributed by atoms with Crippen molar-refractivity contribution in [1.82, 2.24) is 14.8 Å². The molecule has 0 saturated carbocycles. The molecule has 4 aromatic rings. The molecule has 0 spiro atoms. The lowest BCUT2D eigenvalue weighted by Crippen LogP contribution is -2.31. The number of methoxy groups -OCH3 is 2. The van der Waals surface area contributed by atoms with E-state index >= 15 is 0 Å². The molecular formula is C25H22N4O4S. The summed E-state index contributed by atoms with van der Waals surface area (Å²) in [5.41, 5.74) is 2.16. The number of rotatable bonds is 6. The molecule has 0 unspecified atom stereocenters. The Bertz CT molecular complexity index is 1450. The number of para-hydroxylation sites is 1. The maximum atomic E-state index is 13.5. The van der Waals surface area contributed by atoms with Crippen molar-refractivity contribution < 1.29 is 14.3 Å². The summed E-state index contributed by atoms with van der Waals surface area (Å²) in [7, 11) is 3.17. The molecule has 0 bridgehead atoms. The number of hydrazone groups is 1. The Balaban J connectivity index is 1.52. The summed E-state index contributed by atoms with van der Waals surface area (Å²) in [5, 5.41) is 13.0. The van der Waals surface area contributed by atoms with E-state index in [1.807, 2.05) is 41.8 Å². The predicted octanol–water partition coefficient (Wildman–Crippen LogP) is 3.85. The second-order valence-corrected chi connectivity index (χ2v) is 8.73. The third-order valence-corrected chi connectivity index (χ3v) is 6.73. The van der Waals surface area contributed by atoms with Crippen LogP contribution in [0.1, 0.15) is 22.9 Å². The number of hydrogen-bond donors (Lipinski definition) is 0. The van der Waals surface area contributed by atoms with Gasteiger partial charge in [-0.15, -0.1) is 11.3 Å². The molecule has 0 fully saturated rings. The monoisotopic (exact) mass is 474 g/mol. The average Bonchev–Trinajstić information content (AvgIpc) is 3.56. The first kappa shape index (κ1) is 21.8. The Labute approximate surface area is 199 Å². The molecule has 2 aromatic carbocycles. The average molecular weight is 475 g/mol. The number of benzene rings is 2. The molecule has 9 heteroatoms. The summed E-state index contributed by atoms with van der Waals surface area (Å²) in [5.74, 6) is 0.975. The van der Waals surface area contributed by atoms with Crippen LogP contribution >= 0.6 is 11.3 Å². The summed E-state index contributed by atoms with van der Waals surface area (Å²) >= 11 is 1.59. The summed E-state index contributed by atoms with van der Waals surface area (Å²) in [6.07, 6.45) is 1.81. The van der Waals surface area contributed by atoms with E-state index in [0.29, 0.717) is 28.8 Å². The van der Waals surface area contributed by atoms with Crippen LogP contribution in [0.15, 0.2) is 76.1 Å². The van der Waals surface area contributed by atoms with Crippen LogP contribution in [0.25, 0.3) is 10.9 Å². The van der Waals surface area contributed by atoms with Crippen molar-refractivity contribution in [2.45, 2.75) is 19.0 Å². The third kappa shape index (κ3) is 3.94. The first-order valence-electron chi connectivity index (χ1n) is 10.7. The number of carbonyl (C=O) groups is 1. The highest BCUT2D eigenvalue weighted by molar-refractivity contribution is 7.12. The van der Waals surface area contributed by atoms with E-state index in [1.165, 1.54) is 11.2 Å². The van der Waals surface area contributed by atoms with Crippen molar-refractivity contribution in [3.8, 4) is 11.5 Å².